The monoisotopic (exact) mass is 210 g/mol. The highest BCUT2D eigenvalue weighted by Crippen LogP contribution is 2.25. The lowest BCUT2D eigenvalue weighted by molar-refractivity contribution is -0.188. The number of nitrogens with one attached hydrogen (secondary N) is 1. The zero-order chi connectivity index (χ0) is 10.8. The van der Waals surface area contributed by atoms with Crippen molar-refractivity contribution < 1.29 is 18.0 Å². The van der Waals surface area contributed by atoms with Crippen LogP contribution in [0.15, 0.2) is 0 Å². The highest BCUT2D eigenvalue weighted by molar-refractivity contribution is 5.78. The minimum Gasteiger partial charge on any atom is -0.353 e. The highest BCUT2D eigenvalue weighted by Gasteiger charge is 2.45. The van der Waals surface area contributed by atoms with Crippen LogP contribution in [-0.4, -0.2) is 42.7 Å². The Bertz CT molecular complexity index is 217. The van der Waals surface area contributed by atoms with Crippen LogP contribution in [0.5, 0.6) is 0 Å². The molecule has 1 atom stereocenters. The fourth-order valence-electron chi connectivity index (χ4n) is 1.54. The molecule has 82 valence electrons. The third-order valence-corrected chi connectivity index (χ3v) is 2.17. The Morgan fingerprint density at radius 2 is 2.21 bits per heavy atom. The van der Waals surface area contributed by atoms with Gasteiger partial charge in [0.2, 0.25) is 5.91 Å². The Kier molecular flexibility index (Phi) is 3.36. The molecule has 0 bridgehead atoms. The molecule has 1 saturated heterocycles. The number of hydrogen-bond donors (Lipinski definition) is 1. The van der Waals surface area contributed by atoms with Crippen LogP contribution in [0.3, 0.4) is 0 Å². The van der Waals surface area contributed by atoms with E-state index in [1.54, 1.807) is 6.92 Å². The Morgan fingerprint density at radius 1 is 1.57 bits per heavy atom. The summed E-state index contributed by atoms with van der Waals surface area (Å²) in [5.74, 6) is -0.334. The summed E-state index contributed by atoms with van der Waals surface area (Å²) in [5.41, 5.74) is 0. The zero-order valence-electron chi connectivity index (χ0n) is 7.90. The third-order valence-electron chi connectivity index (χ3n) is 2.17. The van der Waals surface area contributed by atoms with Crippen molar-refractivity contribution in [2.45, 2.75) is 25.6 Å². The number of amides is 1. The molecule has 0 spiro atoms. The normalized spacial score (nSPS) is 24.9. The van der Waals surface area contributed by atoms with E-state index in [-0.39, 0.29) is 19.0 Å². The summed E-state index contributed by atoms with van der Waals surface area (Å²) in [5, 5.41) is 2.23. The maximum Gasteiger partial charge on any atom is 0.405 e. The number of carbonyl (C=O) groups excluding carboxylic acids is 1. The minimum absolute atomic E-state index is 0.155. The first kappa shape index (κ1) is 11.3. The van der Waals surface area contributed by atoms with Gasteiger partial charge < -0.3 is 5.32 Å². The van der Waals surface area contributed by atoms with Crippen LogP contribution in [0, 0.1) is 0 Å². The van der Waals surface area contributed by atoms with Crippen LogP contribution in [0.4, 0.5) is 13.2 Å². The van der Waals surface area contributed by atoms with E-state index < -0.39 is 12.2 Å². The molecule has 0 aromatic rings. The lowest BCUT2D eigenvalue weighted by Crippen LogP contribution is -2.59. The van der Waals surface area contributed by atoms with E-state index in [0.717, 1.165) is 0 Å². The van der Waals surface area contributed by atoms with Crippen molar-refractivity contribution in [3.8, 4) is 0 Å². The molecule has 1 amide bonds. The van der Waals surface area contributed by atoms with Gasteiger partial charge in [0.15, 0.2) is 0 Å². The molecule has 0 aliphatic carbocycles. The number of halogens is 3. The molecule has 1 rings (SSSR count). The Hall–Kier alpha value is -0.780. The van der Waals surface area contributed by atoms with Crippen molar-refractivity contribution in [2.75, 3.05) is 19.6 Å². The molecular formula is C8H13F3N2O. The van der Waals surface area contributed by atoms with E-state index in [0.29, 0.717) is 13.0 Å². The van der Waals surface area contributed by atoms with Gasteiger partial charge in [-0.2, -0.15) is 13.2 Å². The van der Waals surface area contributed by atoms with Gasteiger partial charge in [0.05, 0.1) is 6.54 Å². The Balaban J connectivity index is 2.67. The predicted molar refractivity (Wildman–Crippen MR) is 44.7 cm³/mol. The van der Waals surface area contributed by atoms with Gasteiger partial charge in [-0.3, -0.25) is 9.69 Å². The molecular weight excluding hydrogens is 197 g/mol. The van der Waals surface area contributed by atoms with Gasteiger partial charge in [-0.05, 0) is 13.0 Å². The fraction of sp³-hybridized carbons (Fsp3) is 0.875. The second kappa shape index (κ2) is 4.16. The van der Waals surface area contributed by atoms with Crippen molar-refractivity contribution in [2.24, 2.45) is 0 Å². The second-order valence-corrected chi connectivity index (χ2v) is 3.33. The van der Waals surface area contributed by atoms with Crippen molar-refractivity contribution >= 4 is 5.91 Å². The first-order valence-electron chi connectivity index (χ1n) is 4.52. The topological polar surface area (TPSA) is 32.3 Å². The fourth-order valence-corrected chi connectivity index (χ4v) is 1.54. The molecule has 0 saturated carbocycles. The molecule has 0 radical (unpaired) electrons. The molecule has 1 unspecified atom stereocenters. The van der Waals surface area contributed by atoms with Gasteiger partial charge in [0, 0.05) is 6.54 Å². The van der Waals surface area contributed by atoms with E-state index in [1.807, 2.05) is 0 Å². The number of nitrogens with zero attached hydrogens (tertiary/aromatic N) is 1. The van der Waals surface area contributed by atoms with Gasteiger partial charge in [0.1, 0.15) is 6.04 Å². The van der Waals surface area contributed by atoms with Crippen molar-refractivity contribution in [3.05, 3.63) is 0 Å². The molecule has 3 nitrogen and oxygen atoms in total. The number of rotatable bonds is 2. The van der Waals surface area contributed by atoms with E-state index in [1.165, 1.54) is 4.90 Å². The number of piperazine rings is 1. The lowest BCUT2D eigenvalue weighted by Gasteiger charge is -2.36. The average molecular weight is 210 g/mol. The maximum absolute atomic E-state index is 12.4. The van der Waals surface area contributed by atoms with E-state index in [9.17, 15) is 18.0 Å². The van der Waals surface area contributed by atoms with Crippen molar-refractivity contribution in [3.63, 3.8) is 0 Å². The predicted octanol–water partition coefficient (Wildman–Crippen LogP) is 0.759. The van der Waals surface area contributed by atoms with Crippen LogP contribution < -0.4 is 5.32 Å². The molecule has 1 aliphatic rings. The molecule has 6 heteroatoms. The summed E-state index contributed by atoms with van der Waals surface area (Å²) < 4.78 is 37.3. The van der Waals surface area contributed by atoms with Gasteiger partial charge >= 0.3 is 6.18 Å². The van der Waals surface area contributed by atoms with E-state index in [4.69, 9.17) is 0 Å². The molecule has 0 aromatic carbocycles. The molecule has 1 heterocycles. The summed E-state index contributed by atoms with van der Waals surface area (Å²) in [6.07, 6.45) is -3.65. The number of alkyl halides is 3. The second-order valence-electron chi connectivity index (χ2n) is 3.33. The summed E-state index contributed by atoms with van der Waals surface area (Å²) in [6.45, 7) is 1.61. The van der Waals surface area contributed by atoms with Gasteiger partial charge in [0.25, 0.3) is 0 Å². The first-order chi connectivity index (χ1) is 6.45. The molecule has 14 heavy (non-hydrogen) atoms. The largest absolute Gasteiger partial charge is 0.405 e. The third kappa shape index (κ3) is 2.60. The first-order valence-corrected chi connectivity index (χ1v) is 4.52. The molecule has 0 aromatic heterocycles. The Morgan fingerprint density at radius 3 is 2.71 bits per heavy atom. The zero-order valence-corrected chi connectivity index (χ0v) is 7.90. The summed E-state index contributed by atoms with van der Waals surface area (Å²) in [7, 11) is 0. The average Bonchev–Trinajstić information content (AvgIpc) is 2.02. The van der Waals surface area contributed by atoms with Crippen LogP contribution in [0.2, 0.25) is 0 Å². The Labute approximate surface area is 80.3 Å². The van der Waals surface area contributed by atoms with Gasteiger partial charge in [-0.25, -0.2) is 0 Å². The highest BCUT2D eigenvalue weighted by atomic mass is 19.4. The summed E-state index contributed by atoms with van der Waals surface area (Å²) in [6, 6.07) is -1.53. The van der Waals surface area contributed by atoms with Crippen LogP contribution in [0.25, 0.3) is 0 Å². The minimum atomic E-state index is -4.26. The number of carbonyl (C=O) groups is 1. The molecule has 1 aliphatic heterocycles. The lowest BCUT2D eigenvalue weighted by atomic mass is 10.1. The maximum atomic E-state index is 12.4. The summed E-state index contributed by atoms with van der Waals surface area (Å²) >= 11 is 0. The molecule has 1 fully saturated rings. The van der Waals surface area contributed by atoms with Crippen LogP contribution in [0.1, 0.15) is 13.3 Å². The number of hydrogen-bond acceptors (Lipinski definition) is 2. The van der Waals surface area contributed by atoms with Gasteiger partial charge in [-0.15, -0.1) is 0 Å². The standard InChI is InChI=1S/C8H13F3N2O/c1-2-3-13-5-7(14)12-4-6(13)8(9,10)11/h6H,2-5H2,1H3,(H,12,14). The molecule has 1 N–H and O–H groups in total. The summed E-state index contributed by atoms with van der Waals surface area (Å²) in [4.78, 5) is 12.1. The SMILES string of the molecule is CCCN1CC(=O)NCC1C(F)(F)F. The van der Waals surface area contributed by atoms with E-state index in [2.05, 4.69) is 5.32 Å². The van der Waals surface area contributed by atoms with Crippen LogP contribution >= 0.6 is 0 Å². The van der Waals surface area contributed by atoms with Gasteiger partial charge in [-0.1, -0.05) is 6.92 Å². The van der Waals surface area contributed by atoms with Crippen molar-refractivity contribution in [1.29, 1.82) is 0 Å². The smallest absolute Gasteiger partial charge is 0.353 e. The van der Waals surface area contributed by atoms with E-state index >= 15 is 0 Å². The van der Waals surface area contributed by atoms with Crippen LogP contribution in [-0.2, 0) is 4.79 Å². The quantitative estimate of drug-likeness (QED) is 0.729. The van der Waals surface area contributed by atoms with Crippen molar-refractivity contribution in [1.82, 2.24) is 10.2 Å².